The Morgan fingerprint density at radius 1 is 0.581 bits per heavy atom. The van der Waals surface area contributed by atoms with E-state index in [1.807, 2.05) is 0 Å². The number of aliphatic hydroxyl groups excluding tert-OH is 3. The number of carbonyl (C=O) groups is 11. The summed E-state index contributed by atoms with van der Waals surface area (Å²) in [6, 6.07) is -3.12. The van der Waals surface area contributed by atoms with Crippen molar-refractivity contribution in [1.29, 1.82) is 0 Å². The summed E-state index contributed by atoms with van der Waals surface area (Å²) in [6.07, 6.45) is -2.85. The van der Waals surface area contributed by atoms with E-state index in [1.54, 1.807) is 44.3 Å². The van der Waals surface area contributed by atoms with E-state index in [0.29, 0.717) is 11.1 Å². The van der Waals surface area contributed by atoms with E-state index in [0.717, 1.165) is 17.8 Å². The number of aromatic nitrogens is 1. The van der Waals surface area contributed by atoms with E-state index in [9.17, 15) is 78.3 Å². The van der Waals surface area contributed by atoms with Gasteiger partial charge >= 0.3 is 5.97 Å². The van der Waals surface area contributed by atoms with Crippen LogP contribution in [-0.2, 0) is 65.6 Å². The van der Waals surface area contributed by atoms with Crippen molar-refractivity contribution in [2.24, 2.45) is 39.8 Å². The lowest BCUT2D eigenvalue weighted by molar-refractivity contribution is -0.142. The lowest BCUT2D eigenvalue weighted by Gasteiger charge is -2.30. The van der Waals surface area contributed by atoms with Crippen LogP contribution in [0.5, 0.6) is 5.75 Å². The number of primary amides is 1. The minimum absolute atomic E-state index is 0.0331. The third kappa shape index (κ3) is 22.2. The Bertz CT molecular complexity index is 2880. The fourth-order valence-electron chi connectivity index (χ4n) is 8.60. The number of hydrogen-bond donors (Lipinski definition) is 19. The summed E-state index contributed by atoms with van der Waals surface area (Å²) in [5.41, 5.74) is 23.6. The molecule has 0 unspecified atom stereocenters. The molecule has 1 aromatic heterocycles. The van der Waals surface area contributed by atoms with Gasteiger partial charge in [-0.15, -0.1) is 0 Å². The van der Waals surface area contributed by atoms with Gasteiger partial charge in [0.1, 0.15) is 66.2 Å². The summed E-state index contributed by atoms with van der Waals surface area (Å²) < 4.78 is 0. The first kappa shape index (κ1) is 71.3. The number of nitrogens with one attached hydrogen (secondary N) is 10. The summed E-state index contributed by atoms with van der Waals surface area (Å²) in [7, 11) is 0. The highest BCUT2D eigenvalue weighted by molar-refractivity contribution is 6.00. The molecule has 0 fully saturated rings. The highest BCUT2D eigenvalue weighted by atomic mass is 16.4. The Kier molecular flexibility index (Phi) is 28.3. The van der Waals surface area contributed by atoms with Gasteiger partial charge in [-0.25, -0.2) is 0 Å². The van der Waals surface area contributed by atoms with Crippen LogP contribution in [0.3, 0.4) is 0 Å². The number of H-pyrrole nitrogens is 1. The van der Waals surface area contributed by atoms with E-state index >= 15 is 0 Å². The van der Waals surface area contributed by atoms with Crippen LogP contribution in [0.25, 0.3) is 10.9 Å². The van der Waals surface area contributed by atoms with Crippen LogP contribution in [0.4, 0.5) is 0 Å². The first-order valence-corrected chi connectivity index (χ1v) is 27.7. The number of carboxylic acid groups (broad SMARTS) is 1. The number of guanidine groups is 1. The molecule has 23 N–H and O–H groups in total. The SMILES string of the molecule is CC[C@H](C)[C@H](NC(=O)[C@H](Cc1c[nH]c2ccccc12)NC(=O)[C@@H](N)CO)C(=O)N[C@@H](CC(=O)O)C(=O)N[C@H](C(=O)N[C@@H](Cc1ccc(O)cc1)C(=O)N[C@H](C(=O)N[C@@H](CCCN=C(N)N)C(=O)N[C@@H](C)C(=O)N[C@H](C(N)=O)[C@@H](C)O)[C@@H](C)O)C(C)C. The fraction of sp³-hybridized carbons (Fsp3) is 0.527. The number of para-hydroxylation sites is 1. The van der Waals surface area contributed by atoms with Crippen LogP contribution in [0.2, 0.25) is 0 Å². The summed E-state index contributed by atoms with van der Waals surface area (Å²) in [5, 5.41) is 73.0. The molecule has 0 aliphatic rings. The Morgan fingerprint density at radius 3 is 1.64 bits per heavy atom. The zero-order valence-corrected chi connectivity index (χ0v) is 48.9. The molecule has 31 heteroatoms. The van der Waals surface area contributed by atoms with Crippen LogP contribution >= 0.6 is 0 Å². The topological polar surface area (TPSA) is 529 Å². The number of fused-ring (bicyclic) bond motifs is 1. The maximum absolute atomic E-state index is 14.4. The fourth-order valence-corrected chi connectivity index (χ4v) is 8.60. The van der Waals surface area contributed by atoms with Crippen molar-refractivity contribution in [2.45, 2.75) is 160 Å². The van der Waals surface area contributed by atoms with Crippen molar-refractivity contribution in [3.63, 3.8) is 0 Å². The van der Waals surface area contributed by atoms with Crippen LogP contribution in [0.15, 0.2) is 59.7 Å². The number of hydrogen-bond acceptors (Lipinski definition) is 17. The van der Waals surface area contributed by atoms with Gasteiger partial charge in [-0.2, -0.15) is 0 Å². The zero-order chi connectivity index (χ0) is 64.7. The molecule has 3 aromatic rings. The molecule has 10 amide bonds. The molecule has 13 atom stereocenters. The third-order valence-corrected chi connectivity index (χ3v) is 13.8. The summed E-state index contributed by atoms with van der Waals surface area (Å²) in [5.74, 6) is -13.7. The molecule has 31 nitrogen and oxygen atoms in total. The molecule has 0 bridgehead atoms. The highest BCUT2D eigenvalue weighted by Gasteiger charge is 2.38. The van der Waals surface area contributed by atoms with Gasteiger partial charge in [-0.05, 0) is 74.8 Å². The van der Waals surface area contributed by atoms with Crippen molar-refractivity contribution in [3.8, 4) is 5.75 Å². The number of aliphatic hydroxyl groups is 3. The summed E-state index contributed by atoms with van der Waals surface area (Å²) in [6.45, 7) is 9.06. The number of rotatable bonds is 35. The van der Waals surface area contributed by atoms with Crippen molar-refractivity contribution < 1.29 is 78.3 Å². The van der Waals surface area contributed by atoms with Gasteiger partial charge in [-0.1, -0.05) is 64.4 Å². The monoisotopic (exact) mass is 1210 g/mol. The van der Waals surface area contributed by atoms with Crippen molar-refractivity contribution in [3.05, 3.63) is 65.9 Å². The smallest absolute Gasteiger partial charge is 0.305 e. The Hall–Kier alpha value is -8.94. The summed E-state index contributed by atoms with van der Waals surface area (Å²) in [4.78, 5) is 156. The second-order valence-electron chi connectivity index (χ2n) is 21.2. The maximum Gasteiger partial charge on any atom is 0.305 e. The van der Waals surface area contributed by atoms with Gasteiger partial charge in [0, 0.05) is 36.5 Å². The molecule has 2 aromatic carbocycles. The highest BCUT2D eigenvalue weighted by Crippen LogP contribution is 2.20. The molecule has 3 rings (SSSR count). The predicted octanol–water partition coefficient (Wildman–Crippen LogP) is -5.16. The average Bonchev–Trinajstić information content (AvgIpc) is 3.29. The first-order valence-electron chi connectivity index (χ1n) is 27.7. The number of carbonyl (C=O) groups excluding carboxylic acids is 10. The van der Waals surface area contributed by atoms with Crippen molar-refractivity contribution >= 4 is 81.9 Å². The number of aromatic amines is 1. The number of aliphatic imine (C=N–C) groups is 1. The second kappa shape index (κ2) is 34.1. The van der Waals surface area contributed by atoms with Gasteiger partial charge in [0.15, 0.2) is 5.96 Å². The molecule has 0 saturated heterocycles. The Labute approximate surface area is 495 Å². The van der Waals surface area contributed by atoms with E-state index in [-0.39, 0.29) is 50.4 Å². The molecule has 86 heavy (non-hydrogen) atoms. The van der Waals surface area contributed by atoms with E-state index in [2.05, 4.69) is 57.8 Å². The van der Waals surface area contributed by atoms with Crippen molar-refractivity contribution in [2.75, 3.05) is 13.2 Å². The first-order chi connectivity index (χ1) is 40.4. The number of benzene rings is 2. The van der Waals surface area contributed by atoms with Crippen LogP contribution in [0.1, 0.15) is 85.3 Å². The molecule has 0 aliphatic heterocycles. The molecule has 0 spiro atoms. The van der Waals surface area contributed by atoms with E-state index in [4.69, 9.17) is 22.9 Å². The average molecular weight is 1210 g/mol. The van der Waals surface area contributed by atoms with E-state index in [1.165, 1.54) is 52.0 Å². The largest absolute Gasteiger partial charge is 0.508 e. The number of phenols is 1. The number of aliphatic carboxylic acids is 1. The van der Waals surface area contributed by atoms with Gasteiger partial charge in [0.05, 0.1) is 25.2 Å². The minimum Gasteiger partial charge on any atom is -0.508 e. The third-order valence-electron chi connectivity index (χ3n) is 13.8. The Morgan fingerprint density at radius 2 is 1.08 bits per heavy atom. The maximum atomic E-state index is 14.4. The Balaban J connectivity index is 1.92. The number of nitrogens with zero attached hydrogens (tertiary/aromatic N) is 1. The summed E-state index contributed by atoms with van der Waals surface area (Å²) >= 11 is 0. The number of aromatic hydroxyl groups is 1. The molecule has 0 saturated carbocycles. The van der Waals surface area contributed by atoms with Crippen LogP contribution in [-0.4, -0.2) is 187 Å². The van der Waals surface area contributed by atoms with Gasteiger partial charge in [-0.3, -0.25) is 57.7 Å². The van der Waals surface area contributed by atoms with Crippen LogP contribution < -0.4 is 70.8 Å². The zero-order valence-electron chi connectivity index (χ0n) is 48.9. The quantitative estimate of drug-likeness (QED) is 0.0149. The normalized spacial score (nSPS) is 15.8. The number of phenolic OH excluding ortho intramolecular Hbond substituents is 1. The number of amides is 10. The number of nitrogens with two attached hydrogens (primary N) is 4. The lowest BCUT2D eigenvalue weighted by Crippen LogP contribution is -2.63. The molecule has 0 radical (unpaired) electrons. The molecule has 1 heterocycles. The van der Waals surface area contributed by atoms with Gasteiger partial charge in [0.2, 0.25) is 59.1 Å². The van der Waals surface area contributed by atoms with Crippen molar-refractivity contribution in [1.82, 2.24) is 52.8 Å². The molecular formula is C55H83N15O16. The van der Waals surface area contributed by atoms with E-state index < -0.39 is 163 Å². The molecule has 0 aliphatic carbocycles. The minimum atomic E-state index is -1.90. The lowest BCUT2D eigenvalue weighted by atomic mass is 9.96. The predicted molar refractivity (Wildman–Crippen MR) is 311 cm³/mol. The number of carboxylic acids is 1. The van der Waals surface area contributed by atoms with Gasteiger partial charge < -0.3 is 101 Å². The standard InChI is InChI=1S/C55H83N15O16/c1-8-26(4)42(68-50(82)38(64-47(79)34(56)24-71)21-31-23-61-35-13-10-9-12-33(31)35)53(85)66-39(22-40(75)76)51(83)67-41(25(2)3)52(84)65-37(20-30-15-17-32(74)18-16-30)49(81)70-44(29(7)73)54(86)63-36(14-11-19-60-55(58)59)48(80)62-27(5)46(78)69-43(28(6)72)45(57)77/h9-10,12-13,15-18,23,25-29,34,36-39,41-44,61,71-74H,8,11,14,19-22,24,56H2,1-7H3,(H2,57,77)(H,62,80)(H,63,86)(H,64,79)(H,65,84)(H,66,85)(H,67,83)(H,68,82)(H,69,78)(H,70,81)(H,75,76)(H4,58,59,60)/t26-,27-,28+,29+,34-,36-,37-,38-,39-,41-,42-,43-,44-/m0/s1. The molecule has 474 valence electrons. The van der Waals surface area contributed by atoms with Gasteiger partial charge in [0.25, 0.3) is 0 Å². The molecular weight excluding hydrogens is 1130 g/mol. The second-order valence-corrected chi connectivity index (χ2v) is 21.2. The van der Waals surface area contributed by atoms with Crippen LogP contribution in [0, 0.1) is 11.8 Å².